The summed E-state index contributed by atoms with van der Waals surface area (Å²) in [4.78, 5) is 35.0. The van der Waals surface area contributed by atoms with Crippen LogP contribution in [0.1, 0.15) is 33.4 Å². The number of amides is 2. The molecule has 200 valence electrons. The molecule has 5 rings (SSSR count). The highest BCUT2D eigenvalue weighted by molar-refractivity contribution is 6.33. The molecular weight excluding hydrogens is 510 g/mol. The summed E-state index contributed by atoms with van der Waals surface area (Å²) in [5.41, 5.74) is 7.85. The zero-order valence-corrected chi connectivity index (χ0v) is 21.6. The molecule has 0 saturated carbocycles. The second-order valence-corrected chi connectivity index (χ2v) is 9.46. The molecule has 2 aromatic carbocycles. The minimum absolute atomic E-state index is 0.0252. The van der Waals surface area contributed by atoms with Gasteiger partial charge in [-0.05, 0) is 23.3 Å². The highest BCUT2D eigenvalue weighted by Crippen LogP contribution is 2.26. The second kappa shape index (κ2) is 11.9. The number of benzene rings is 2. The van der Waals surface area contributed by atoms with Crippen LogP contribution >= 0.6 is 11.6 Å². The summed E-state index contributed by atoms with van der Waals surface area (Å²) in [6, 6.07) is 13.8. The van der Waals surface area contributed by atoms with Crippen LogP contribution < -0.4 is 15.8 Å². The summed E-state index contributed by atoms with van der Waals surface area (Å²) in [5.74, 6) is -0.162. The van der Waals surface area contributed by atoms with Crippen LogP contribution in [0.15, 0.2) is 48.5 Å². The Morgan fingerprint density at radius 1 is 1.08 bits per heavy atom. The molecule has 1 aromatic heterocycles. The Labute approximate surface area is 225 Å². The van der Waals surface area contributed by atoms with E-state index >= 15 is 0 Å². The van der Waals surface area contributed by atoms with Gasteiger partial charge in [-0.2, -0.15) is 4.98 Å². The number of morpholine rings is 1. The number of nitrogens with one attached hydrogen (secondary N) is 1. The van der Waals surface area contributed by atoms with E-state index in [4.69, 9.17) is 26.8 Å². The van der Waals surface area contributed by atoms with Gasteiger partial charge in [0.15, 0.2) is 5.82 Å². The lowest BCUT2D eigenvalue weighted by atomic mass is 10.1. The van der Waals surface area contributed by atoms with Gasteiger partial charge in [0.25, 0.3) is 5.91 Å². The zero-order chi connectivity index (χ0) is 26.5. The van der Waals surface area contributed by atoms with Gasteiger partial charge in [0.05, 0.1) is 23.8 Å². The predicted octanol–water partition coefficient (Wildman–Crippen LogP) is 2.06. The van der Waals surface area contributed by atoms with Crippen molar-refractivity contribution in [1.82, 2.24) is 29.9 Å². The molecule has 3 heterocycles. The average Bonchev–Trinajstić information content (AvgIpc) is 3.40. The third-order valence-corrected chi connectivity index (χ3v) is 6.92. The Balaban J connectivity index is 1.45. The average molecular weight is 540 g/mol. The van der Waals surface area contributed by atoms with E-state index < -0.39 is 11.9 Å². The lowest BCUT2D eigenvalue weighted by Gasteiger charge is -2.39. The minimum atomic E-state index is -0.481. The lowest BCUT2D eigenvalue weighted by molar-refractivity contribution is 0.0362. The molecule has 0 bridgehead atoms. The standard InChI is InChI=1S/C26H30ClN7O4/c27-21-4-2-1-3-20(21)24(35)34-25(38-17-19-7-5-18(15-28)6-8-19)30-23(31-34)22-16-29-9-10-33(22)26(36)32-11-13-37-14-12-32/h1-8,22,29H,9-17,28H2. The number of nitrogens with two attached hydrogens (primary N) is 1. The molecule has 12 heteroatoms. The molecule has 2 amide bonds. The van der Waals surface area contributed by atoms with Crippen molar-refractivity contribution in [2.45, 2.75) is 19.2 Å². The third-order valence-electron chi connectivity index (χ3n) is 6.59. The van der Waals surface area contributed by atoms with E-state index in [1.54, 1.807) is 34.1 Å². The summed E-state index contributed by atoms with van der Waals surface area (Å²) >= 11 is 6.32. The molecule has 3 N–H and O–H groups in total. The number of urea groups is 1. The topological polar surface area (TPSA) is 128 Å². The molecule has 38 heavy (non-hydrogen) atoms. The van der Waals surface area contributed by atoms with Gasteiger partial charge in [0, 0.05) is 39.3 Å². The van der Waals surface area contributed by atoms with Crippen molar-refractivity contribution in [1.29, 1.82) is 0 Å². The number of hydrogen-bond acceptors (Lipinski definition) is 8. The summed E-state index contributed by atoms with van der Waals surface area (Å²) in [6.45, 7) is 4.25. The van der Waals surface area contributed by atoms with Gasteiger partial charge in [0.1, 0.15) is 12.6 Å². The van der Waals surface area contributed by atoms with Crippen molar-refractivity contribution < 1.29 is 19.1 Å². The zero-order valence-electron chi connectivity index (χ0n) is 20.9. The number of hydrogen-bond donors (Lipinski definition) is 2. The first-order chi connectivity index (χ1) is 18.5. The maximum atomic E-state index is 13.5. The van der Waals surface area contributed by atoms with Crippen LogP contribution in [0.3, 0.4) is 0 Å². The highest BCUT2D eigenvalue weighted by Gasteiger charge is 2.35. The first-order valence-corrected chi connectivity index (χ1v) is 12.9. The van der Waals surface area contributed by atoms with Crippen LogP contribution in [0.2, 0.25) is 5.02 Å². The fourth-order valence-electron chi connectivity index (χ4n) is 4.45. The summed E-state index contributed by atoms with van der Waals surface area (Å²) in [5, 5.41) is 8.15. The molecule has 2 aliphatic heterocycles. The van der Waals surface area contributed by atoms with Crippen molar-refractivity contribution in [3.05, 3.63) is 76.1 Å². The Morgan fingerprint density at radius 2 is 1.82 bits per heavy atom. The molecule has 3 aromatic rings. The van der Waals surface area contributed by atoms with E-state index in [0.717, 1.165) is 15.8 Å². The van der Waals surface area contributed by atoms with Gasteiger partial charge in [-0.15, -0.1) is 9.78 Å². The minimum Gasteiger partial charge on any atom is -0.458 e. The largest absolute Gasteiger partial charge is 0.458 e. The number of nitrogens with zero attached hydrogens (tertiary/aromatic N) is 5. The molecule has 11 nitrogen and oxygen atoms in total. The highest BCUT2D eigenvalue weighted by atomic mass is 35.5. The second-order valence-electron chi connectivity index (χ2n) is 9.05. The number of ether oxygens (including phenoxy) is 2. The molecular formula is C26H30ClN7O4. The van der Waals surface area contributed by atoms with Gasteiger partial charge in [-0.1, -0.05) is 48.0 Å². The van der Waals surface area contributed by atoms with Crippen LogP contribution in [0, 0.1) is 0 Å². The van der Waals surface area contributed by atoms with Crippen molar-refractivity contribution >= 4 is 23.5 Å². The number of halogens is 1. The first-order valence-electron chi connectivity index (χ1n) is 12.6. The summed E-state index contributed by atoms with van der Waals surface area (Å²) in [7, 11) is 0. The SMILES string of the molecule is NCc1ccc(COc2nc(C3CNCCN3C(=O)N3CCOCC3)nn2C(=O)c2ccccc2Cl)cc1. The maximum Gasteiger partial charge on any atom is 0.323 e. The van der Waals surface area contributed by atoms with Crippen molar-refractivity contribution in [3.63, 3.8) is 0 Å². The van der Waals surface area contributed by atoms with E-state index in [0.29, 0.717) is 63.3 Å². The van der Waals surface area contributed by atoms with Gasteiger partial charge >= 0.3 is 12.0 Å². The molecule has 0 aliphatic carbocycles. The molecule has 0 spiro atoms. The fraction of sp³-hybridized carbons (Fsp3) is 0.385. The van der Waals surface area contributed by atoms with E-state index in [1.165, 1.54) is 0 Å². The lowest BCUT2D eigenvalue weighted by Crippen LogP contribution is -2.55. The molecule has 2 aliphatic rings. The number of piperazine rings is 1. The van der Waals surface area contributed by atoms with E-state index in [9.17, 15) is 9.59 Å². The third kappa shape index (κ3) is 5.65. The molecule has 2 saturated heterocycles. The summed E-state index contributed by atoms with van der Waals surface area (Å²) < 4.78 is 12.5. The van der Waals surface area contributed by atoms with E-state index in [1.807, 2.05) is 24.3 Å². The first kappa shape index (κ1) is 26.1. The monoisotopic (exact) mass is 539 g/mol. The van der Waals surface area contributed by atoms with Crippen molar-refractivity contribution in [2.24, 2.45) is 5.73 Å². The van der Waals surface area contributed by atoms with Crippen LogP contribution in [-0.4, -0.2) is 82.4 Å². The smallest absolute Gasteiger partial charge is 0.323 e. The van der Waals surface area contributed by atoms with Crippen molar-refractivity contribution in [3.8, 4) is 6.01 Å². The number of aromatic nitrogens is 3. The van der Waals surface area contributed by atoms with Crippen LogP contribution in [-0.2, 0) is 17.9 Å². The van der Waals surface area contributed by atoms with Gasteiger partial charge < -0.3 is 30.3 Å². The van der Waals surface area contributed by atoms with E-state index in [2.05, 4.69) is 15.4 Å². The molecule has 1 atom stereocenters. The molecule has 2 fully saturated rings. The Kier molecular flexibility index (Phi) is 8.18. The Morgan fingerprint density at radius 3 is 2.55 bits per heavy atom. The van der Waals surface area contributed by atoms with E-state index in [-0.39, 0.29) is 24.2 Å². The van der Waals surface area contributed by atoms with Crippen molar-refractivity contribution in [2.75, 3.05) is 45.9 Å². The number of carbonyl (C=O) groups is 2. The number of rotatable bonds is 6. The summed E-state index contributed by atoms with van der Waals surface area (Å²) in [6.07, 6.45) is 0. The van der Waals surface area contributed by atoms with Crippen LogP contribution in [0.5, 0.6) is 6.01 Å². The molecule has 0 radical (unpaired) electrons. The van der Waals surface area contributed by atoms with Crippen LogP contribution in [0.4, 0.5) is 4.79 Å². The normalized spacial score (nSPS) is 17.9. The molecule has 1 unspecified atom stereocenters. The van der Waals surface area contributed by atoms with Gasteiger partial charge in [0.2, 0.25) is 0 Å². The Bertz CT molecular complexity index is 1280. The fourth-order valence-corrected chi connectivity index (χ4v) is 4.66. The van der Waals surface area contributed by atoms with Gasteiger partial charge in [-0.3, -0.25) is 4.79 Å². The van der Waals surface area contributed by atoms with Crippen LogP contribution in [0.25, 0.3) is 0 Å². The predicted molar refractivity (Wildman–Crippen MR) is 140 cm³/mol. The van der Waals surface area contributed by atoms with Gasteiger partial charge in [-0.25, -0.2) is 4.79 Å². The Hall–Kier alpha value is -3.51. The quantitative estimate of drug-likeness (QED) is 0.487. The number of carbonyl (C=O) groups excluding carboxylic acids is 2. The maximum absolute atomic E-state index is 13.5.